The predicted octanol–water partition coefficient (Wildman–Crippen LogP) is 3.36. The number of furan rings is 1. The maximum atomic E-state index is 12.2. The lowest BCUT2D eigenvalue weighted by Crippen LogP contribution is -2.45. The summed E-state index contributed by atoms with van der Waals surface area (Å²) in [5.74, 6) is 1.04. The van der Waals surface area contributed by atoms with Crippen molar-refractivity contribution in [2.45, 2.75) is 58.4 Å². The van der Waals surface area contributed by atoms with Crippen LogP contribution < -0.4 is 5.32 Å². The van der Waals surface area contributed by atoms with Crippen LogP contribution in [-0.4, -0.2) is 36.0 Å². The number of likely N-dealkylation sites (tertiary alicyclic amines) is 1. The molecule has 0 radical (unpaired) electrons. The van der Waals surface area contributed by atoms with E-state index in [-0.39, 0.29) is 11.4 Å². The van der Waals surface area contributed by atoms with E-state index in [1.807, 2.05) is 13.0 Å². The summed E-state index contributed by atoms with van der Waals surface area (Å²) in [6.45, 7) is 9.45. The molecule has 2 heterocycles. The van der Waals surface area contributed by atoms with Gasteiger partial charge in [0.1, 0.15) is 5.76 Å². The molecule has 1 aromatic rings. The first-order valence-electron chi connectivity index (χ1n) is 8.08. The van der Waals surface area contributed by atoms with Gasteiger partial charge in [0.05, 0.1) is 0 Å². The number of carbonyl (C=O) groups is 1. The lowest BCUT2D eigenvalue weighted by atomic mass is 10.00. The maximum absolute atomic E-state index is 12.2. The van der Waals surface area contributed by atoms with Crippen LogP contribution >= 0.6 is 0 Å². The number of hydrogen-bond donors (Lipinski definition) is 1. The first kappa shape index (κ1) is 16.1. The molecule has 0 aromatic carbocycles. The zero-order chi connectivity index (χ0) is 15.3. The highest BCUT2D eigenvalue weighted by Gasteiger charge is 2.23. The highest BCUT2D eigenvalue weighted by atomic mass is 16.3. The highest BCUT2D eigenvalue weighted by Crippen LogP contribution is 2.15. The number of aryl methyl sites for hydroxylation is 1. The fourth-order valence-electron chi connectivity index (χ4n) is 2.79. The molecule has 1 aliphatic heterocycles. The van der Waals surface area contributed by atoms with E-state index in [4.69, 9.17) is 4.42 Å². The second-order valence-electron chi connectivity index (χ2n) is 6.75. The average molecular weight is 292 g/mol. The van der Waals surface area contributed by atoms with E-state index in [2.05, 4.69) is 24.1 Å². The maximum Gasteiger partial charge on any atom is 0.287 e. The quantitative estimate of drug-likeness (QED) is 0.905. The third-order valence-electron chi connectivity index (χ3n) is 4.17. The Balaban J connectivity index is 1.81. The van der Waals surface area contributed by atoms with E-state index in [1.54, 1.807) is 6.07 Å². The Labute approximate surface area is 127 Å². The summed E-state index contributed by atoms with van der Waals surface area (Å²) in [6.07, 6.45) is 6.28. The Morgan fingerprint density at radius 3 is 2.48 bits per heavy atom. The third kappa shape index (κ3) is 5.20. The van der Waals surface area contributed by atoms with Crippen LogP contribution in [0.3, 0.4) is 0 Å². The molecule has 1 aromatic heterocycles. The number of carbonyl (C=O) groups excluding carboxylic acids is 1. The number of nitrogens with one attached hydrogen (secondary N) is 1. The van der Waals surface area contributed by atoms with Crippen molar-refractivity contribution in [2.24, 2.45) is 0 Å². The zero-order valence-corrected chi connectivity index (χ0v) is 13.6. The van der Waals surface area contributed by atoms with Gasteiger partial charge in [-0.15, -0.1) is 0 Å². The smallest absolute Gasteiger partial charge is 0.287 e. The molecule has 1 N–H and O–H groups in total. The van der Waals surface area contributed by atoms with Crippen LogP contribution in [0.15, 0.2) is 16.5 Å². The van der Waals surface area contributed by atoms with Gasteiger partial charge < -0.3 is 14.6 Å². The minimum Gasteiger partial charge on any atom is -0.456 e. The predicted molar refractivity (Wildman–Crippen MR) is 84.5 cm³/mol. The summed E-state index contributed by atoms with van der Waals surface area (Å²) in [7, 11) is 0. The van der Waals surface area contributed by atoms with Crippen molar-refractivity contribution in [1.82, 2.24) is 10.2 Å². The van der Waals surface area contributed by atoms with Gasteiger partial charge in [-0.3, -0.25) is 4.79 Å². The van der Waals surface area contributed by atoms with Crippen molar-refractivity contribution < 1.29 is 9.21 Å². The van der Waals surface area contributed by atoms with Gasteiger partial charge in [0.2, 0.25) is 0 Å². The van der Waals surface area contributed by atoms with Crippen LogP contribution in [0.2, 0.25) is 0 Å². The van der Waals surface area contributed by atoms with Crippen LogP contribution in [0.1, 0.15) is 62.3 Å². The second kappa shape index (κ2) is 7.12. The molecule has 0 saturated carbocycles. The molecule has 0 unspecified atom stereocenters. The molecule has 21 heavy (non-hydrogen) atoms. The minimum atomic E-state index is -0.218. The van der Waals surface area contributed by atoms with Gasteiger partial charge >= 0.3 is 0 Å². The molecule has 1 amide bonds. The van der Waals surface area contributed by atoms with E-state index in [0.29, 0.717) is 5.76 Å². The first-order chi connectivity index (χ1) is 9.96. The Bertz CT molecular complexity index is 457. The lowest BCUT2D eigenvalue weighted by molar-refractivity contribution is 0.0873. The molecule has 2 rings (SSSR count). The molecule has 118 valence electrons. The van der Waals surface area contributed by atoms with E-state index >= 15 is 0 Å². The standard InChI is InChI=1S/C17H28N2O2/c1-14-8-9-15(21-14)16(20)18-17(2,3)10-13-19-11-6-4-5-7-12-19/h8-9H,4-7,10-13H2,1-3H3,(H,18,20). The molecule has 0 aliphatic carbocycles. The largest absolute Gasteiger partial charge is 0.456 e. The van der Waals surface area contributed by atoms with Crippen LogP contribution in [0.5, 0.6) is 0 Å². The highest BCUT2D eigenvalue weighted by molar-refractivity contribution is 5.91. The molecule has 0 spiro atoms. The van der Waals surface area contributed by atoms with Gasteiger partial charge in [0.25, 0.3) is 5.91 Å². The average Bonchev–Trinajstić information content (AvgIpc) is 2.70. The summed E-state index contributed by atoms with van der Waals surface area (Å²) < 4.78 is 5.38. The Kier molecular flexibility index (Phi) is 5.45. The van der Waals surface area contributed by atoms with Gasteiger partial charge in [0.15, 0.2) is 5.76 Å². The molecule has 1 fully saturated rings. The van der Waals surface area contributed by atoms with Gasteiger partial charge in [-0.25, -0.2) is 0 Å². The van der Waals surface area contributed by atoms with Crippen molar-refractivity contribution in [3.8, 4) is 0 Å². The monoisotopic (exact) mass is 292 g/mol. The molecule has 0 atom stereocenters. The van der Waals surface area contributed by atoms with Crippen molar-refractivity contribution in [3.63, 3.8) is 0 Å². The summed E-state index contributed by atoms with van der Waals surface area (Å²) in [4.78, 5) is 14.7. The van der Waals surface area contributed by atoms with E-state index < -0.39 is 0 Å². The van der Waals surface area contributed by atoms with Gasteiger partial charge in [-0.05, 0) is 65.3 Å². The summed E-state index contributed by atoms with van der Waals surface area (Å²) in [6, 6.07) is 3.55. The Morgan fingerprint density at radius 1 is 1.24 bits per heavy atom. The fraction of sp³-hybridized carbons (Fsp3) is 0.706. The first-order valence-corrected chi connectivity index (χ1v) is 8.08. The second-order valence-corrected chi connectivity index (χ2v) is 6.75. The number of hydrogen-bond acceptors (Lipinski definition) is 3. The van der Waals surface area contributed by atoms with Crippen molar-refractivity contribution >= 4 is 5.91 Å². The van der Waals surface area contributed by atoms with Crippen molar-refractivity contribution in [1.29, 1.82) is 0 Å². The number of nitrogens with zero attached hydrogens (tertiary/aromatic N) is 1. The van der Waals surface area contributed by atoms with Gasteiger partial charge in [-0.2, -0.15) is 0 Å². The Morgan fingerprint density at radius 2 is 1.90 bits per heavy atom. The van der Waals surface area contributed by atoms with Crippen molar-refractivity contribution in [3.05, 3.63) is 23.7 Å². The van der Waals surface area contributed by atoms with Crippen LogP contribution in [0.25, 0.3) is 0 Å². The normalized spacial score (nSPS) is 17.5. The van der Waals surface area contributed by atoms with Gasteiger partial charge in [-0.1, -0.05) is 12.8 Å². The molecule has 0 bridgehead atoms. The minimum absolute atomic E-state index is 0.121. The van der Waals surface area contributed by atoms with E-state index in [0.717, 1.165) is 18.7 Å². The summed E-state index contributed by atoms with van der Waals surface area (Å²) in [5.41, 5.74) is -0.218. The van der Waals surface area contributed by atoms with Crippen LogP contribution in [0, 0.1) is 6.92 Å². The SMILES string of the molecule is Cc1ccc(C(=O)NC(C)(C)CCN2CCCCCC2)o1. The van der Waals surface area contributed by atoms with Gasteiger partial charge in [0, 0.05) is 12.1 Å². The molecule has 1 aliphatic rings. The fourth-order valence-corrected chi connectivity index (χ4v) is 2.79. The number of amides is 1. The lowest BCUT2D eigenvalue weighted by Gasteiger charge is -2.29. The number of rotatable bonds is 5. The molecular formula is C17H28N2O2. The molecular weight excluding hydrogens is 264 g/mol. The molecule has 4 heteroatoms. The van der Waals surface area contributed by atoms with Crippen molar-refractivity contribution in [2.75, 3.05) is 19.6 Å². The topological polar surface area (TPSA) is 45.5 Å². The van der Waals surface area contributed by atoms with Crippen LogP contribution in [-0.2, 0) is 0 Å². The summed E-state index contributed by atoms with van der Waals surface area (Å²) >= 11 is 0. The Hall–Kier alpha value is -1.29. The molecule has 1 saturated heterocycles. The third-order valence-corrected chi connectivity index (χ3v) is 4.17. The summed E-state index contributed by atoms with van der Waals surface area (Å²) in [5, 5.41) is 3.08. The van der Waals surface area contributed by atoms with Crippen LogP contribution in [0.4, 0.5) is 0 Å². The zero-order valence-electron chi connectivity index (χ0n) is 13.6. The van der Waals surface area contributed by atoms with E-state index in [1.165, 1.54) is 38.8 Å². The van der Waals surface area contributed by atoms with E-state index in [9.17, 15) is 4.79 Å². The molecule has 4 nitrogen and oxygen atoms in total.